The summed E-state index contributed by atoms with van der Waals surface area (Å²) in [4.78, 5) is 34.9. The molecule has 1 aromatic heterocycles. The van der Waals surface area contributed by atoms with Gasteiger partial charge in [0.1, 0.15) is 10.6 Å². The molecule has 2 aliphatic rings. The van der Waals surface area contributed by atoms with Gasteiger partial charge in [-0.05, 0) is 43.2 Å². The number of amides is 2. The van der Waals surface area contributed by atoms with Crippen molar-refractivity contribution in [2.24, 2.45) is 16.6 Å². The van der Waals surface area contributed by atoms with Crippen molar-refractivity contribution < 1.29 is 9.59 Å². The molecule has 0 bridgehead atoms. The fraction of sp³-hybridized carbons (Fsp3) is 0.440. The molecule has 1 saturated heterocycles. The number of likely N-dealkylation sites (tertiary alicyclic amines) is 1. The van der Waals surface area contributed by atoms with E-state index in [-0.39, 0.29) is 24.4 Å². The smallest absolute Gasteiger partial charge is 0.266 e. The number of nitriles is 1. The number of nitrogens with two attached hydrogens (primary N) is 1. The van der Waals surface area contributed by atoms with Crippen LogP contribution in [0.3, 0.4) is 0 Å². The Kier molecular flexibility index (Phi) is 7.60. The van der Waals surface area contributed by atoms with Gasteiger partial charge in [-0.15, -0.1) is 11.3 Å². The zero-order valence-electron chi connectivity index (χ0n) is 19.4. The highest BCUT2D eigenvalue weighted by Crippen LogP contribution is 2.33. The summed E-state index contributed by atoms with van der Waals surface area (Å²) in [7, 11) is 1.69. The average Bonchev–Trinajstić information content (AvgIpc) is 3.58. The number of carbonyl (C=O) groups is 2. The van der Waals surface area contributed by atoms with Crippen molar-refractivity contribution in [2.75, 3.05) is 26.7 Å². The van der Waals surface area contributed by atoms with Crippen LogP contribution < -0.4 is 11.1 Å². The van der Waals surface area contributed by atoms with Crippen LogP contribution in [0.1, 0.15) is 56.8 Å². The van der Waals surface area contributed by atoms with E-state index in [4.69, 9.17) is 5.73 Å². The monoisotopic (exact) mass is 478 g/mol. The summed E-state index contributed by atoms with van der Waals surface area (Å²) in [5.74, 6) is 0.112. The molecule has 0 spiro atoms. The molecule has 0 unspecified atom stereocenters. The summed E-state index contributed by atoms with van der Waals surface area (Å²) >= 11 is 1.22. The normalized spacial score (nSPS) is 18.0. The zero-order chi connectivity index (χ0) is 24.1. The van der Waals surface area contributed by atoms with Crippen LogP contribution in [0.5, 0.6) is 0 Å². The second-order valence-corrected chi connectivity index (χ2v) is 9.93. The Labute approximate surface area is 204 Å². The molecule has 34 heavy (non-hydrogen) atoms. The molecule has 1 aliphatic carbocycles. The first-order valence-electron chi connectivity index (χ1n) is 11.6. The fourth-order valence-electron chi connectivity index (χ4n) is 4.00. The van der Waals surface area contributed by atoms with Crippen molar-refractivity contribution >= 4 is 35.2 Å². The van der Waals surface area contributed by atoms with Crippen LogP contribution in [0.15, 0.2) is 34.6 Å². The highest BCUT2D eigenvalue weighted by atomic mass is 32.1. The Morgan fingerprint density at radius 1 is 1.35 bits per heavy atom. The van der Waals surface area contributed by atoms with E-state index >= 15 is 0 Å². The van der Waals surface area contributed by atoms with Gasteiger partial charge in [-0.2, -0.15) is 5.26 Å². The SMILES string of the molecule is CN(Cc1ccccc1C#N)C(=O)c1scc(C(=O)NCC2CC2)c1N=CN1CCC[C@@H](N)C1. The number of aliphatic imine (C=N–C) groups is 1. The van der Waals surface area contributed by atoms with Crippen LogP contribution in [0.25, 0.3) is 0 Å². The molecular weight excluding hydrogens is 448 g/mol. The van der Waals surface area contributed by atoms with E-state index in [0.717, 1.165) is 37.8 Å². The Hall–Kier alpha value is -3.22. The van der Waals surface area contributed by atoms with E-state index in [1.807, 2.05) is 17.0 Å². The highest BCUT2D eigenvalue weighted by molar-refractivity contribution is 7.13. The van der Waals surface area contributed by atoms with Gasteiger partial charge in [0.25, 0.3) is 11.8 Å². The maximum Gasteiger partial charge on any atom is 0.266 e. The van der Waals surface area contributed by atoms with Crippen LogP contribution in [0.2, 0.25) is 0 Å². The quantitative estimate of drug-likeness (QED) is 0.447. The van der Waals surface area contributed by atoms with Crippen molar-refractivity contribution in [1.82, 2.24) is 15.1 Å². The standard InChI is InChI=1S/C25H30N6O2S/c1-30(13-19-6-3-2-5-18(19)11-26)25(33)23-22(29-16-31-10-4-7-20(27)14-31)21(15-34-23)24(32)28-12-17-8-9-17/h2-3,5-6,15-17,20H,4,7-10,12-14,27H2,1H3,(H,28,32)/t20-/m1/s1. The second-order valence-electron chi connectivity index (χ2n) is 9.05. The summed E-state index contributed by atoms with van der Waals surface area (Å²) in [5, 5.41) is 14.1. The van der Waals surface area contributed by atoms with Crippen LogP contribution in [0.4, 0.5) is 5.69 Å². The van der Waals surface area contributed by atoms with Gasteiger partial charge in [0.15, 0.2) is 0 Å². The van der Waals surface area contributed by atoms with Crippen LogP contribution >= 0.6 is 11.3 Å². The third-order valence-corrected chi connectivity index (χ3v) is 7.14. The molecule has 2 fully saturated rings. The predicted molar refractivity (Wildman–Crippen MR) is 133 cm³/mol. The lowest BCUT2D eigenvalue weighted by Crippen LogP contribution is -2.41. The number of hydrogen-bond donors (Lipinski definition) is 2. The molecule has 178 valence electrons. The van der Waals surface area contributed by atoms with E-state index in [1.165, 1.54) is 11.3 Å². The van der Waals surface area contributed by atoms with Gasteiger partial charge in [-0.3, -0.25) is 9.59 Å². The molecular formula is C25H30N6O2S. The Bertz CT molecular complexity index is 1120. The Morgan fingerprint density at radius 3 is 2.88 bits per heavy atom. The molecule has 9 heteroatoms. The first-order chi connectivity index (χ1) is 16.5. The average molecular weight is 479 g/mol. The molecule has 2 aromatic rings. The van der Waals surface area contributed by atoms with Crippen LogP contribution in [0, 0.1) is 17.2 Å². The number of carbonyl (C=O) groups excluding carboxylic acids is 2. The second kappa shape index (κ2) is 10.8. The third kappa shape index (κ3) is 5.82. The topological polar surface area (TPSA) is 115 Å². The number of benzene rings is 1. The number of rotatable bonds is 8. The summed E-state index contributed by atoms with van der Waals surface area (Å²) in [6.45, 7) is 2.48. The largest absolute Gasteiger partial charge is 0.361 e. The van der Waals surface area contributed by atoms with E-state index in [2.05, 4.69) is 16.4 Å². The van der Waals surface area contributed by atoms with Crippen molar-refractivity contribution in [1.29, 1.82) is 5.26 Å². The molecule has 2 heterocycles. The summed E-state index contributed by atoms with van der Waals surface area (Å²) in [5.41, 5.74) is 8.20. The van der Waals surface area contributed by atoms with Gasteiger partial charge >= 0.3 is 0 Å². The van der Waals surface area contributed by atoms with E-state index in [0.29, 0.717) is 40.7 Å². The number of nitrogens with one attached hydrogen (secondary N) is 1. The van der Waals surface area contributed by atoms with Crippen molar-refractivity contribution in [2.45, 2.75) is 38.3 Å². The van der Waals surface area contributed by atoms with E-state index < -0.39 is 0 Å². The van der Waals surface area contributed by atoms with Crippen molar-refractivity contribution in [3.05, 3.63) is 51.2 Å². The van der Waals surface area contributed by atoms with Gasteiger partial charge in [-0.1, -0.05) is 18.2 Å². The van der Waals surface area contributed by atoms with E-state index in [9.17, 15) is 14.9 Å². The van der Waals surface area contributed by atoms with Gasteiger partial charge in [0.2, 0.25) is 0 Å². The maximum absolute atomic E-state index is 13.4. The molecule has 1 aliphatic heterocycles. The Balaban J connectivity index is 1.57. The minimum Gasteiger partial charge on any atom is -0.361 e. The fourth-order valence-corrected chi connectivity index (χ4v) is 4.98. The molecule has 1 saturated carbocycles. The van der Waals surface area contributed by atoms with Crippen LogP contribution in [-0.4, -0.2) is 60.7 Å². The lowest BCUT2D eigenvalue weighted by Gasteiger charge is -2.28. The lowest BCUT2D eigenvalue weighted by molar-refractivity contribution is 0.0790. The van der Waals surface area contributed by atoms with Crippen LogP contribution in [-0.2, 0) is 6.54 Å². The number of nitrogens with zero attached hydrogens (tertiary/aromatic N) is 4. The highest BCUT2D eigenvalue weighted by Gasteiger charge is 2.27. The minimum atomic E-state index is -0.235. The van der Waals surface area contributed by atoms with Gasteiger partial charge in [0, 0.05) is 44.6 Å². The third-order valence-electron chi connectivity index (χ3n) is 6.18. The molecule has 4 rings (SSSR count). The number of thiophene rings is 1. The van der Waals surface area contributed by atoms with Gasteiger partial charge in [-0.25, -0.2) is 4.99 Å². The summed E-state index contributed by atoms with van der Waals surface area (Å²) < 4.78 is 0. The van der Waals surface area contributed by atoms with E-state index in [1.54, 1.807) is 35.8 Å². The lowest BCUT2D eigenvalue weighted by atomic mass is 10.1. The van der Waals surface area contributed by atoms with Gasteiger partial charge < -0.3 is 20.9 Å². The molecule has 1 aromatic carbocycles. The molecule has 0 radical (unpaired) electrons. The maximum atomic E-state index is 13.4. The van der Waals surface area contributed by atoms with Gasteiger partial charge in [0.05, 0.1) is 23.5 Å². The van der Waals surface area contributed by atoms with Crippen molar-refractivity contribution in [3.63, 3.8) is 0 Å². The zero-order valence-corrected chi connectivity index (χ0v) is 20.2. The minimum absolute atomic E-state index is 0.0939. The first kappa shape index (κ1) is 23.9. The molecule has 2 amide bonds. The predicted octanol–water partition coefficient (Wildman–Crippen LogP) is 3.11. The summed E-state index contributed by atoms with van der Waals surface area (Å²) in [6, 6.07) is 9.49. The summed E-state index contributed by atoms with van der Waals surface area (Å²) in [6.07, 6.45) is 5.96. The van der Waals surface area contributed by atoms with Crippen molar-refractivity contribution in [3.8, 4) is 6.07 Å². The number of hydrogen-bond acceptors (Lipinski definition) is 6. The first-order valence-corrected chi connectivity index (χ1v) is 12.5. The molecule has 1 atom stereocenters. The molecule has 8 nitrogen and oxygen atoms in total. The number of piperidine rings is 1. The Morgan fingerprint density at radius 2 is 2.15 bits per heavy atom. The molecule has 3 N–H and O–H groups in total.